The van der Waals surface area contributed by atoms with Crippen molar-refractivity contribution < 1.29 is 9.53 Å². The lowest BCUT2D eigenvalue weighted by molar-refractivity contribution is -0.162. The Morgan fingerprint density at radius 3 is 2.74 bits per heavy atom. The van der Waals surface area contributed by atoms with E-state index in [2.05, 4.69) is 45.2 Å². The van der Waals surface area contributed by atoms with E-state index in [1.165, 1.54) is 0 Å². The van der Waals surface area contributed by atoms with Crippen molar-refractivity contribution in [3.05, 3.63) is 12.2 Å². The molecule has 0 saturated carbocycles. The van der Waals surface area contributed by atoms with Gasteiger partial charge in [0.15, 0.2) is 0 Å². The molecule has 3 nitrogen and oxygen atoms in total. The van der Waals surface area contributed by atoms with Crippen molar-refractivity contribution in [2.45, 2.75) is 40.7 Å². The van der Waals surface area contributed by atoms with Gasteiger partial charge in [0.1, 0.15) is 0 Å². The molecule has 2 aliphatic rings. The van der Waals surface area contributed by atoms with Crippen LogP contribution in [0.2, 0.25) is 0 Å². The van der Waals surface area contributed by atoms with E-state index < -0.39 is 5.41 Å². The maximum Gasteiger partial charge on any atom is 0.312 e. The second-order valence-electron chi connectivity index (χ2n) is 6.54. The Hall–Kier alpha value is -0.830. The highest BCUT2D eigenvalue weighted by Crippen LogP contribution is 2.50. The minimum atomic E-state index is -0.409. The third-order valence-corrected chi connectivity index (χ3v) is 5.16. The molecule has 19 heavy (non-hydrogen) atoms. The van der Waals surface area contributed by atoms with Crippen LogP contribution in [-0.4, -0.2) is 25.2 Å². The van der Waals surface area contributed by atoms with Crippen LogP contribution in [0.25, 0.3) is 0 Å². The van der Waals surface area contributed by atoms with Crippen molar-refractivity contribution in [2.75, 3.05) is 13.2 Å². The van der Waals surface area contributed by atoms with Crippen LogP contribution in [0, 0.1) is 29.1 Å². The minimum absolute atomic E-state index is 0.0313. The van der Waals surface area contributed by atoms with Crippen LogP contribution >= 0.6 is 0 Å². The number of nitrogens with one attached hydrogen (secondary N) is 1. The molecule has 1 fully saturated rings. The molecule has 2 rings (SSSR count). The van der Waals surface area contributed by atoms with E-state index >= 15 is 0 Å². The van der Waals surface area contributed by atoms with Crippen molar-refractivity contribution in [1.29, 1.82) is 0 Å². The first-order chi connectivity index (χ1) is 8.92. The van der Waals surface area contributed by atoms with Crippen LogP contribution < -0.4 is 5.32 Å². The van der Waals surface area contributed by atoms with E-state index in [0.717, 1.165) is 6.54 Å². The second-order valence-corrected chi connectivity index (χ2v) is 6.54. The normalized spacial score (nSPS) is 41.4. The first-order valence-electron chi connectivity index (χ1n) is 7.51. The molecule has 0 aromatic rings. The third kappa shape index (κ3) is 2.22. The molecule has 1 saturated heterocycles. The zero-order chi connectivity index (χ0) is 14.2. The topological polar surface area (TPSA) is 38.3 Å². The summed E-state index contributed by atoms with van der Waals surface area (Å²) in [5.41, 5.74) is -0.409. The average molecular weight is 265 g/mol. The van der Waals surface area contributed by atoms with Crippen LogP contribution in [-0.2, 0) is 9.53 Å². The monoisotopic (exact) mass is 265 g/mol. The molecule has 0 amide bonds. The molecule has 1 aliphatic carbocycles. The van der Waals surface area contributed by atoms with Gasteiger partial charge in [-0.05, 0) is 37.5 Å². The number of hydrogen-bond acceptors (Lipinski definition) is 3. The highest BCUT2D eigenvalue weighted by molar-refractivity contribution is 5.78. The zero-order valence-corrected chi connectivity index (χ0v) is 12.8. The van der Waals surface area contributed by atoms with Gasteiger partial charge in [-0.15, -0.1) is 0 Å². The summed E-state index contributed by atoms with van der Waals surface area (Å²) in [6, 6.07) is 0.395. The van der Waals surface area contributed by atoms with E-state index in [4.69, 9.17) is 4.74 Å². The molecule has 1 aliphatic heterocycles. The summed E-state index contributed by atoms with van der Waals surface area (Å²) in [5.74, 6) is 1.53. The molecule has 0 unspecified atom stereocenters. The maximum atomic E-state index is 12.6. The summed E-state index contributed by atoms with van der Waals surface area (Å²) in [5, 5.41) is 3.61. The zero-order valence-electron chi connectivity index (χ0n) is 12.8. The lowest BCUT2D eigenvalue weighted by atomic mass is 9.58. The summed E-state index contributed by atoms with van der Waals surface area (Å²) >= 11 is 0. The lowest BCUT2D eigenvalue weighted by Crippen LogP contribution is -2.51. The highest BCUT2D eigenvalue weighted by Gasteiger charge is 2.56. The number of rotatable bonds is 3. The van der Waals surface area contributed by atoms with Crippen LogP contribution in [0.3, 0.4) is 0 Å². The summed E-state index contributed by atoms with van der Waals surface area (Å²) in [7, 11) is 0. The van der Waals surface area contributed by atoms with Crippen molar-refractivity contribution in [2.24, 2.45) is 29.1 Å². The number of allylic oxidation sites excluding steroid dienone is 1. The van der Waals surface area contributed by atoms with E-state index in [9.17, 15) is 4.79 Å². The molecule has 0 aromatic carbocycles. The molecule has 0 bridgehead atoms. The summed E-state index contributed by atoms with van der Waals surface area (Å²) in [4.78, 5) is 12.6. The van der Waals surface area contributed by atoms with Gasteiger partial charge in [0, 0.05) is 12.6 Å². The van der Waals surface area contributed by atoms with Gasteiger partial charge in [-0.1, -0.05) is 32.9 Å². The Kier molecular flexibility index (Phi) is 4.05. The molecule has 3 heteroatoms. The maximum absolute atomic E-state index is 12.6. The Morgan fingerprint density at radius 2 is 2.16 bits per heavy atom. The Labute approximate surface area is 116 Å². The van der Waals surface area contributed by atoms with Crippen molar-refractivity contribution >= 4 is 5.97 Å². The smallest absolute Gasteiger partial charge is 0.312 e. The number of carbonyl (C=O) groups excluding carboxylic acids is 1. The number of ether oxygens (including phenoxy) is 1. The Morgan fingerprint density at radius 1 is 1.47 bits per heavy atom. The Balaban J connectivity index is 2.37. The van der Waals surface area contributed by atoms with Crippen LogP contribution in [0.5, 0.6) is 0 Å². The van der Waals surface area contributed by atoms with Gasteiger partial charge >= 0.3 is 5.97 Å². The molecular weight excluding hydrogens is 238 g/mol. The molecule has 5 atom stereocenters. The van der Waals surface area contributed by atoms with Crippen LogP contribution in [0.1, 0.15) is 34.6 Å². The predicted octanol–water partition coefficient (Wildman–Crippen LogP) is 2.62. The molecular formula is C16H27NO2. The minimum Gasteiger partial charge on any atom is -0.466 e. The van der Waals surface area contributed by atoms with E-state index in [1.807, 2.05) is 6.92 Å². The number of carbonyl (C=O) groups is 1. The molecule has 1 heterocycles. The van der Waals surface area contributed by atoms with Crippen molar-refractivity contribution in [1.82, 2.24) is 5.32 Å². The van der Waals surface area contributed by atoms with Gasteiger partial charge in [-0.3, -0.25) is 4.79 Å². The van der Waals surface area contributed by atoms with E-state index in [1.54, 1.807) is 0 Å². The second kappa shape index (κ2) is 5.28. The summed E-state index contributed by atoms with van der Waals surface area (Å²) in [6.45, 7) is 12.0. The number of esters is 1. The molecule has 0 spiro atoms. The highest BCUT2D eigenvalue weighted by atomic mass is 16.5. The van der Waals surface area contributed by atoms with Gasteiger partial charge in [-0.25, -0.2) is 0 Å². The van der Waals surface area contributed by atoms with Gasteiger partial charge < -0.3 is 10.1 Å². The predicted molar refractivity (Wildman–Crippen MR) is 76.7 cm³/mol. The fourth-order valence-corrected chi connectivity index (χ4v) is 3.87. The Bertz CT molecular complexity index is 377. The largest absolute Gasteiger partial charge is 0.466 e. The fourth-order valence-electron chi connectivity index (χ4n) is 3.87. The standard InChI is InChI=1S/C16H27NO2/c1-6-19-15(18)16(5)11(4)7-8-12-9-17-14(10(2)3)13(12)16/h7-8,10-14,17H,6,9H2,1-5H3/t11-,12-,13+,14-,16-/m0/s1. The quantitative estimate of drug-likeness (QED) is 0.630. The summed E-state index contributed by atoms with van der Waals surface area (Å²) < 4.78 is 5.39. The molecule has 1 N–H and O–H groups in total. The van der Waals surface area contributed by atoms with Gasteiger partial charge in [0.2, 0.25) is 0 Å². The van der Waals surface area contributed by atoms with Gasteiger partial charge in [0.05, 0.1) is 12.0 Å². The van der Waals surface area contributed by atoms with Gasteiger partial charge in [-0.2, -0.15) is 0 Å². The summed E-state index contributed by atoms with van der Waals surface area (Å²) in [6.07, 6.45) is 4.49. The first-order valence-corrected chi connectivity index (χ1v) is 7.51. The third-order valence-electron chi connectivity index (χ3n) is 5.16. The average Bonchev–Trinajstić information content (AvgIpc) is 2.79. The number of fused-ring (bicyclic) bond motifs is 1. The van der Waals surface area contributed by atoms with Crippen LogP contribution in [0.4, 0.5) is 0 Å². The van der Waals surface area contributed by atoms with E-state index in [-0.39, 0.29) is 11.9 Å². The number of hydrogen-bond donors (Lipinski definition) is 1. The first kappa shape index (κ1) is 14.6. The lowest BCUT2D eigenvalue weighted by Gasteiger charge is -2.45. The van der Waals surface area contributed by atoms with Crippen LogP contribution in [0.15, 0.2) is 12.2 Å². The van der Waals surface area contributed by atoms with Crippen molar-refractivity contribution in [3.63, 3.8) is 0 Å². The van der Waals surface area contributed by atoms with Gasteiger partial charge in [0.25, 0.3) is 0 Å². The molecule has 108 valence electrons. The molecule has 0 radical (unpaired) electrons. The van der Waals surface area contributed by atoms with E-state index in [0.29, 0.717) is 30.4 Å². The fraction of sp³-hybridized carbons (Fsp3) is 0.812. The molecule has 0 aromatic heterocycles. The SMILES string of the molecule is CCOC(=O)[C@]1(C)[C@@H]2[C@@H](C=C[C@@H]1C)CN[C@H]2C(C)C. The van der Waals surface area contributed by atoms with Crippen molar-refractivity contribution in [3.8, 4) is 0 Å².